The Morgan fingerprint density at radius 3 is 2.30 bits per heavy atom. The fourth-order valence-electron chi connectivity index (χ4n) is 11.0. The maximum atomic E-state index is 17.0. The van der Waals surface area contributed by atoms with Crippen molar-refractivity contribution in [3.8, 4) is 34.4 Å². The van der Waals surface area contributed by atoms with Gasteiger partial charge >= 0.3 is 24.5 Å². The molecule has 1 aromatic carbocycles. The summed E-state index contributed by atoms with van der Waals surface area (Å²) < 4.78 is 153. The molecule has 0 spiro atoms. The molecule has 4 aromatic rings. The normalized spacial score (nSPS) is 22.2. The molecule has 8 rings (SSSR count). The van der Waals surface area contributed by atoms with E-state index in [2.05, 4.69) is 16.7 Å². The van der Waals surface area contributed by atoms with Crippen LogP contribution in [0.2, 0.25) is 0 Å². The number of thiazole rings is 1. The van der Waals surface area contributed by atoms with Gasteiger partial charge in [0, 0.05) is 98.4 Å². The number of hydrogen-bond donors (Lipinski definition) is 2. The van der Waals surface area contributed by atoms with Gasteiger partial charge in [0.15, 0.2) is 0 Å². The Morgan fingerprint density at radius 2 is 1.66 bits per heavy atom. The van der Waals surface area contributed by atoms with Crippen LogP contribution in [-0.2, 0) is 48.0 Å². The van der Waals surface area contributed by atoms with Crippen LogP contribution in [0, 0.1) is 40.8 Å². The summed E-state index contributed by atoms with van der Waals surface area (Å²) in [6.45, 7) is 5.93. The number of benzene rings is 1. The molecule has 4 atom stereocenters. The lowest BCUT2D eigenvalue weighted by Gasteiger charge is -2.39. The molecule has 2 N–H and O–H groups in total. The first-order valence-electron chi connectivity index (χ1n) is 26.2. The summed E-state index contributed by atoms with van der Waals surface area (Å²) in [6.07, 6.45) is -13.0. The smallest absolute Gasteiger partial charge is 0.457 e. The first-order valence-corrected chi connectivity index (χ1v) is 27.1. The quantitative estimate of drug-likeness (QED) is 0.0843. The average molecular weight is 1160 g/mol. The Kier molecular flexibility index (Phi) is 17.6. The summed E-state index contributed by atoms with van der Waals surface area (Å²) in [6, 6.07) is 0.358. The molecule has 15 nitrogen and oxygen atoms in total. The van der Waals surface area contributed by atoms with Crippen LogP contribution >= 0.6 is 11.3 Å². The Labute approximate surface area is 459 Å². The van der Waals surface area contributed by atoms with Crippen molar-refractivity contribution in [1.82, 2.24) is 40.1 Å². The third-order valence-corrected chi connectivity index (χ3v) is 15.9. The van der Waals surface area contributed by atoms with E-state index in [1.165, 1.54) is 52.5 Å². The zero-order valence-corrected chi connectivity index (χ0v) is 45.9. The molecule has 1 saturated carbocycles. The SMILES string of the molecule is CO[C@@H](C)c1ncc(N2CCN(CC(F)(F)F)CC2)cc1-c1c2c3cc(c(F)cc3n1CC(F)(F)F)-c1csc(n1)C[C@H](NC(=O)[C@H](C(C)C)N(C)C(=O)C1CC(C#CC(F)(F)F)C1)C(=O)N1CCC[C@H](N1)C(=O)OCC(C)(C)C2. The van der Waals surface area contributed by atoms with Gasteiger partial charge in [0.25, 0.3) is 5.91 Å². The number of carbonyl (C=O) groups is 4. The van der Waals surface area contributed by atoms with E-state index < -0.39 is 109 Å². The predicted octanol–water partition coefficient (Wildman–Crippen LogP) is 8.64. The van der Waals surface area contributed by atoms with Gasteiger partial charge in [-0.3, -0.25) is 34.1 Å². The van der Waals surface area contributed by atoms with Crippen LogP contribution in [0.4, 0.5) is 49.6 Å². The van der Waals surface area contributed by atoms with Crippen molar-refractivity contribution >= 4 is 51.6 Å². The van der Waals surface area contributed by atoms with Gasteiger partial charge < -0.3 is 29.2 Å². The Bertz CT molecular complexity index is 3020. The molecule has 4 aliphatic rings. The minimum atomic E-state index is -4.87. The second kappa shape index (κ2) is 23.4. The first-order chi connectivity index (χ1) is 37.4. The average Bonchev–Trinajstić information content (AvgIpc) is 3.99. The van der Waals surface area contributed by atoms with Gasteiger partial charge in [-0.2, -0.15) is 39.5 Å². The number of rotatable bonds is 11. The third-order valence-electron chi connectivity index (χ3n) is 15.0. The van der Waals surface area contributed by atoms with Gasteiger partial charge in [-0.05, 0) is 68.7 Å². The van der Waals surface area contributed by atoms with Crippen molar-refractivity contribution in [2.75, 3.05) is 64.9 Å². The van der Waals surface area contributed by atoms with Crippen LogP contribution in [0.15, 0.2) is 29.8 Å². The number of anilines is 1. The van der Waals surface area contributed by atoms with E-state index in [0.29, 0.717) is 17.7 Å². The predicted molar refractivity (Wildman–Crippen MR) is 276 cm³/mol. The lowest BCUT2D eigenvalue weighted by Crippen LogP contribution is -2.62. The summed E-state index contributed by atoms with van der Waals surface area (Å²) in [5, 5.41) is 5.89. The Balaban J connectivity index is 1.21. The highest BCUT2D eigenvalue weighted by Gasteiger charge is 2.43. The van der Waals surface area contributed by atoms with Crippen molar-refractivity contribution in [2.45, 2.75) is 122 Å². The second-order valence-corrected chi connectivity index (χ2v) is 23.1. The van der Waals surface area contributed by atoms with Crippen LogP contribution in [0.3, 0.4) is 0 Å². The molecular formula is C54H63F10N9O6S. The second-order valence-electron chi connectivity index (χ2n) is 22.2. The van der Waals surface area contributed by atoms with Gasteiger partial charge in [0.2, 0.25) is 11.8 Å². The number of methoxy groups -OCH3 is 1. The summed E-state index contributed by atoms with van der Waals surface area (Å²) >= 11 is 1.01. The molecule has 3 aromatic heterocycles. The number of hydrogen-bond acceptors (Lipinski definition) is 12. The Morgan fingerprint density at radius 1 is 0.975 bits per heavy atom. The molecule has 2 saturated heterocycles. The number of halogens is 10. The van der Waals surface area contributed by atoms with E-state index in [4.69, 9.17) is 19.4 Å². The summed E-state index contributed by atoms with van der Waals surface area (Å²) in [4.78, 5) is 70.5. The highest BCUT2D eigenvalue weighted by molar-refractivity contribution is 7.10. The van der Waals surface area contributed by atoms with E-state index in [-0.39, 0.29) is 116 Å². The van der Waals surface area contributed by atoms with Gasteiger partial charge in [-0.15, -0.1) is 11.3 Å². The van der Waals surface area contributed by atoms with E-state index in [9.17, 15) is 45.5 Å². The maximum Gasteiger partial charge on any atom is 0.457 e. The minimum absolute atomic E-state index is 0.00598. The van der Waals surface area contributed by atoms with E-state index in [1.807, 2.05) is 0 Å². The highest BCUT2D eigenvalue weighted by Crippen LogP contribution is 2.45. The van der Waals surface area contributed by atoms with Crippen LogP contribution in [0.5, 0.6) is 0 Å². The summed E-state index contributed by atoms with van der Waals surface area (Å²) in [5.74, 6) is -2.14. The van der Waals surface area contributed by atoms with Crippen molar-refractivity contribution in [2.24, 2.45) is 23.2 Å². The lowest BCUT2D eigenvalue weighted by atomic mass is 9.74. The monoisotopic (exact) mass is 1160 g/mol. The van der Waals surface area contributed by atoms with Crippen molar-refractivity contribution in [3.05, 3.63) is 51.9 Å². The largest absolute Gasteiger partial charge is 0.464 e. The molecule has 3 aliphatic heterocycles. The minimum Gasteiger partial charge on any atom is -0.464 e. The molecular weight excluding hydrogens is 1090 g/mol. The Hall–Kier alpha value is -6.04. The van der Waals surface area contributed by atoms with Crippen molar-refractivity contribution < 1.29 is 72.6 Å². The van der Waals surface area contributed by atoms with Gasteiger partial charge in [-0.25, -0.2) is 14.8 Å². The van der Waals surface area contributed by atoms with E-state index >= 15 is 17.6 Å². The van der Waals surface area contributed by atoms with Crippen LogP contribution in [-0.4, -0.2) is 150 Å². The van der Waals surface area contributed by atoms with Crippen LogP contribution in [0.25, 0.3) is 33.4 Å². The molecule has 0 unspecified atom stereocenters. The third kappa shape index (κ3) is 14.0. The highest BCUT2D eigenvalue weighted by atomic mass is 32.1. The topological polar surface area (TPSA) is 154 Å². The first kappa shape index (κ1) is 60.1. The number of nitrogens with zero attached hydrogens (tertiary/aromatic N) is 7. The maximum absolute atomic E-state index is 17.0. The summed E-state index contributed by atoms with van der Waals surface area (Å²) in [5.41, 5.74) is 2.78. The number of esters is 1. The zero-order valence-electron chi connectivity index (χ0n) is 45.1. The number of alkyl halides is 9. The fourth-order valence-corrected chi connectivity index (χ4v) is 11.8. The molecule has 3 fully saturated rings. The van der Waals surface area contributed by atoms with Crippen molar-refractivity contribution in [1.29, 1.82) is 0 Å². The molecule has 6 bridgehead atoms. The van der Waals surface area contributed by atoms with Crippen LogP contribution in [0.1, 0.15) is 82.7 Å². The molecule has 80 heavy (non-hydrogen) atoms. The standard InChI is InChI=1S/C54H63F10N9O6S/c1-29(2)45(69(6)48(75)32-17-31(18-32)10-11-52(56,57)58)47(74)67-40-22-43-66-41(25-80-43)35-20-34-37(23-51(4,5)28-79-50(77)39-9-8-12-73(68-39)49(40)76)46(72(27-54(62,63)64)42(34)21-38(35)55)36-19-33(24-65-44(36)30(3)78-7)71-15-13-70(14-16-71)26-53(59,60)61/h19-21,24-25,29-32,39-40,45,68H,8-9,12-18,22-23,26-28H2,1-7H3,(H,67,74)/t30-,31?,32?,39-,40-,45-/m0/s1. The van der Waals surface area contributed by atoms with Crippen LogP contribution < -0.4 is 15.6 Å². The van der Waals surface area contributed by atoms with Gasteiger partial charge in [0.1, 0.15) is 30.5 Å². The zero-order chi connectivity index (χ0) is 58.4. The number of piperazine rings is 1. The number of ether oxygens (including phenoxy) is 2. The van der Waals surface area contributed by atoms with Gasteiger partial charge in [0.05, 0.1) is 58.7 Å². The number of aromatic nitrogens is 3. The number of pyridine rings is 1. The molecule has 26 heteroatoms. The molecule has 0 radical (unpaired) electrons. The number of carbonyl (C=O) groups excluding carboxylic acids is 4. The molecule has 436 valence electrons. The summed E-state index contributed by atoms with van der Waals surface area (Å²) in [7, 11) is 2.79. The number of likely N-dealkylation sites (N-methyl/N-ethyl adjacent to an activating group) is 1. The van der Waals surface area contributed by atoms with E-state index in [1.54, 1.807) is 45.6 Å². The fraction of sp³-hybridized carbons (Fsp3) is 0.593. The molecule has 1 aliphatic carbocycles. The number of amides is 3. The number of nitrogens with one attached hydrogen (secondary N) is 2. The number of fused-ring (bicyclic) bond motifs is 6. The lowest BCUT2D eigenvalue weighted by molar-refractivity contribution is -0.155. The number of cyclic esters (lactones) is 1. The molecule has 3 amide bonds. The molecule has 6 heterocycles. The number of hydrazine groups is 1. The van der Waals surface area contributed by atoms with E-state index in [0.717, 1.165) is 22.0 Å². The van der Waals surface area contributed by atoms with Gasteiger partial charge in [-0.1, -0.05) is 33.6 Å². The van der Waals surface area contributed by atoms with Crippen molar-refractivity contribution in [3.63, 3.8) is 0 Å².